The van der Waals surface area contributed by atoms with Crippen molar-refractivity contribution in [1.29, 1.82) is 0 Å². The number of nitrogens with one attached hydrogen (secondary N) is 1. The number of anilines is 1. The third-order valence-electron chi connectivity index (χ3n) is 4.08. The molecular weight excluding hydrogens is 305 g/mol. The minimum atomic E-state index is -0.363. The Morgan fingerprint density at radius 1 is 1.21 bits per heavy atom. The molecule has 1 N–H and O–H groups in total. The van der Waals surface area contributed by atoms with E-state index in [4.69, 9.17) is 4.74 Å². The molecule has 0 bridgehead atoms. The molecule has 2 aromatic carbocycles. The molecule has 1 amide bonds. The van der Waals surface area contributed by atoms with E-state index in [0.717, 1.165) is 24.2 Å². The Balaban J connectivity index is 1.76. The van der Waals surface area contributed by atoms with Gasteiger partial charge in [-0.25, -0.2) is 4.39 Å². The third kappa shape index (κ3) is 3.48. The quantitative estimate of drug-likeness (QED) is 0.855. The zero-order chi connectivity index (χ0) is 17.2. The van der Waals surface area contributed by atoms with Crippen LogP contribution in [-0.2, 0) is 0 Å². The number of carbonyl (C=O) groups excluding carboxylic acids is 1. The largest absolute Gasteiger partial charge is 0.483 e. The summed E-state index contributed by atoms with van der Waals surface area (Å²) in [6.45, 7) is 4.20. The second-order valence-electron chi connectivity index (χ2n) is 6.21. The van der Waals surface area contributed by atoms with Crippen molar-refractivity contribution in [2.45, 2.75) is 32.3 Å². The topological polar surface area (TPSA) is 38.3 Å². The summed E-state index contributed by atoms with van der Waals surface area (Å²) < 4.78 is 19.0. The van der Waals surface area contributed by atoms with Gasteiger partial charge in [-0.15, -0.1) is 0 Å². The molecule has 0 saturated heterocycles. The molecule has 0 aliphatic carbocycles. The first-order valence-electron chi connectivity index (χ1n) is 8.08. The summed E-state index contributed by atoms with van der Waals surface area (Å²) in [4.78, 5) is 12.2. The molecule has 0 radical (unpaired) electrons. The van der Waals surface area contributed by atoms with Crippen LogP contribution in [0.1, 0.15) is 42.6 Å². The summed E-state index contributed by atoms with van der Waals surface area (Å²) in [5, 5.41) is 2.82. The molecule has 0 spiro atoms. The van der Waals surface area contributed by atoms with Crippen LogP contribution in [0.25, 0.3) is 6.08 Å². The molecule has 4 heteroatoms. The van der Waals surface area contributed by atoms with Gasteiger partial charge < -0.3 is 10.1 Å². The lowest BCUT2D eigenvalue weighted by Crippen LogP contribution is -2.31. The van der Waals surface area contributed by atoms with Crippen LogP contribution in [0.15, 0.2) is 48.5 Å². The predicted octanol–water partition coefficient (Wildman–Crippen LogP) is 5.04. The lowest BCUT2D eigenvalue weighted by atomic mass is 9.95. The summed E-state index contributed by atoms with van der Waals surface area (Å²) in [6, 6.07) is 11.0. The fraction of sp³-hybridized carbons (Fsp3) is 0.250. The first-order chi connectivity index (χ1) is 11.5. The number of hydrogen-bond donors (Lipinski definition) is 1. The maximum absolute atomic E-state index is 12.9. The first-order valence-corrected chi connectivity index (χ1v) is 8.08. The molecule has 124 valence electrons. The average molecular weight is 325 g/mol. The van der Waals surface area contributed by atoms with Crippen molar-refractivity contribution >= 4 is 17.7 Å². The Morgan fingerprint density at radius 2 is 1.96 bits per heavy atom. The molecule has 0 aromatic heterocycles. The summed E-state index contributed by atoms with van der Waals surface area (Å²) in [5.74, 6) is 0.178. The monoisotopic (exact) mass is 325 g/mol. The van der Waals surface area contributed by atoms with Crippen LogP contribution in [-0.4, -0.2) is 11.5 Å². The van der Waals surface area contributed by atoms with Crippen LogP contribution in [0, 0.1) is 5.82 Å². The molecule has 1 heterocycles. The Hall–Kier alpha value is -2.62. The number of halogens is 1. The summed E-state index contributed by atoms with van der Waals surface area (Å²) in [5.41, 5.74) is 1.74. The molecule has 1 unspecified atom stereocenters. The van der Waals surface area contributed by atoms with Crippen LogP contribution < -0.4 is 10.1 Å². The van der Waals surface area contributed by atoms with Gasteiger partial charge in [-0.05, 0) is 61.9 Å². The molecule has 3 nitrogen and oxygen atoms in total. The first kappa shape index (κ1) is 16.2. The van der Waals surface area contributed by atoms with Crippen molar-refractivity contribution in [2.24, 2.45) is 0 Å². The normalized spacial score (nSPS) is 18.6. The van der Waals surface area contributed by atoms with E-state index < -0.39 is 0 Å². The van der Waals surface area contributed by atoms with Gasteiger partial charge in [0.2, 0.25) is 0 Å². The van der Waals surface area contributed by atoms with E-state index in [-0.39, 0.29) is 17.3 Å². The van der Waals surface area contributed by atoms with E-state index in [1.54, 1.807) is 0 Å². The molecular formula is C20H20FNO2. The SMILES string of the molecule is CCCC1(C)C=Cc2cc(NC(=O)c3ccc(F)cc3)ccc2O1. The molecule has 1 aliphatic heterocycles. The molecule has 3 rings (SSSR count). The molecule has 2 aromatic rings. The highest BCUT2D eigenvalue weighted by molar-refractivity contribution is 6.04. The number of hydrogen-bond acceptors (Lipinski definition) is 2. The van der Waals surface area contributed by atoms with Gasteiger partial charge in [0.1, 0.15) is 17.2 Å². The molecule has 1 aliphatic rings. The van der Waals surface area contributed by atoms with E-state index in [1.807, 2.05) is 24.3 Å². The maximum atomic E-state index is 12.9. The second kappa shape index (κ2) is 6.48. The van der Waals surface area contributed by atoms with Gasteiger partial charge in [0.15, 0.2) is 0 Å². The van der Waals surface area contributed by atoms with Crippen molar-refractivity contribution in [3.05, 3.63) is 65.5 Å². The Labute approximate surface area is 141 Å². The van der Waals surface area contributed by atoms with Gasteiger partial charge >= 0.3 is 0 Å². The summed E-state index contributed by atoms with van der Waals surface area (Å²) >= 11 is 0. The van der Waals surface area contributed by atoms with Crippen molar-refractivity contribution in [3.63, 3.8) is 0 Å². The zero-order valence-corrected chi connectivity index (χ0v) is 13.8. The van der Waals surface area contributed by atoms with Crippen molar-refractivity contribution in [1.82, 2.24) is 0 Å². The minimum absolute atomic E-state index is 0.272. The Bertz CT molecular complexity index is 783. The predicted molar refractivity (Wildman–Crippen MR) is 93.8 cm³/mol. The van der Waals surface area contributed by atoms with E-state index >= 15 is 0 Å². The smallest absolute Gasteiger partial charge is 0.255 e. The number of rotatable bonds is 4. The van der Waals surface area contributed by atoms with Crippen LogP contribution in [0.4, 0.5) is 10.1 Å². The minimum Gasteiger partial charge on any atom is -0.483 e. The standard InChI is InChI=1S/C20H20FNO2/c1-3-11-20(2)12-10-15-13-17(8-9-18(15)24-20)22-19(23)14-4-6-16(21)7-5-14/h4-10,12-13H,3,11H2,1-2H3,(H,22,23). The van der Waals surface area contributed by atoms with Gasteiger partial charge in [-0.3, -0.25) is 4.79 Å². The van der Waals surface area contributed by atoms with Gasteiger partial charge in [-0.2, -0.15) is 0 Å². The van der Waals surface area contributed by atoms with E-state index in [9.17, 15) is 9.18 Å². The van der Waals surface area contributed by atoms with E-state index in [2.05, 4.69) is 25.2 Å². The number of ether oxygens (including phenoxy) is 1. The lowest BCUT2D eigenvalue weighted by Gasteiger charge is -2.31. The fourth-order valence-electron chi connectivity index (χ4n) is 2.84. The Morgan fingerprint density at radius 3 is 2.67 bits per heavy atom. The van der Waals surface area contributed by atoms with Crippen molar-refractivity contribution < 1.29 is 13.9 Å². The highest BCUT2D eigenvalue weighted by atomic mass is 19.1. The number of amides is 1. The van der Waals surface area contributed by atoms with Crippen LogP contribution >= 0.6 is 0 Å². The number of benzene rings is 2. The molecule has 24 heavy (non-hydrogen) atoms. The second-order valence-corrected chi connectivity index (χ2v) is 6.21. The van der Waals surface area contributed by atoms with Gasteiger partial charge in [-0.1, -0.05) is 19.4 Å². The summed E-state index contributed by atoms with van der Waals surface area (Å²) in [7, 11) is 0. The highest BCUT2D eigenvalue weighted by Gasteiger charge is 2.26. The van der Waals surface area contributed by atoms with Crippen LogP contribution in [0.2, 0.25) is 0 Å². The third-order valence-corrected chi connectivity index (χ3v) is 4.08. The summed E-state index contributed by atoms with van der Waals surface area (Å²) in [6.07, 6.45) is 6.08. The Kier molecular flexibility index (Phi) is 4.38. The van der Waals surface area contributed by atoms with E-state index in [1.165, 1.54) is 24.3 Å². The van der Waals surface area contributed by atoms with Gasteiger partial charge in [0.25, 0.3) is 5.91 Å². The van der Waals surface area contributed by atoms with Crippen molar-refractivity contribution in [3.8, 4) is 5.75 Å². The fourth-order valence-corrected chi connectivity index (χ4v) is 2.84. The molecule has 1 atom stereocenters. The molecule has 0 saturated carbocycles. The van der Waals surface area contributed by atoms with Crippen LogP contribution in [0.3, 0.4) is 0 Å². The van der Waals surface area contributed by atoms with Crippen LogP contribution in [0.5, 0.6) is 5.75 Å². The van der Waals surface area contributed by atoms with Gasteiger partial charge in [0, 0.05) is 16.8 Å². The highest BCUT2D eigenvalue weighted by Crippen LogP contribution is 2.34. The molecule has 0 fully saturated rings. The van der Waals surface area contributed by atoms with Crippen molar-refractivity contribution in [2.75, 3.05) is 5.32 Å². The maximum Gasteiger partial charge on any atom is 0.255 e. The zero-order valence-electron chi connectivity index (χ0n) is 13.8. The average Bonchev–Trinajstić information content (AvgIpc) is 2.56. The lowest BCUT2D eigenvalue weighted by molar-refractivity contribution is 0.102. The number of carbonyl (C=O) groups is 1. The van der Waals surface area contributed by atoms with Gasteiger partial charge in [0.05, 0.1) is 0 Å². The number of fused-ring (bicyclic) bond motifs is 1. The van der Waals surface area contributed by atoms with E-state index in [0.29, 0.717) is 11.3 Å².